The van der Waals surface area contributed by atoms with Crippen LogP contribution < -0.4 is 5.73 Å². The van der Waals surface area contributed by atoms with Gasteiger partial charge in [0.05, 0.1) is 12.7 Å². The van der Waals surface area contributed by atoms with E-state index in [4.69, 9.17) is 15.2 Å². The van der Waals surface area contributed by atoms with Gasteiger partial charge in [-0.1, -0.05) is 0 Å². The van der Waals surface area contributed by atoms with E-state index in [1.54, 1.807) is 7.11 Å². The summed E-state index contributed by atoms with van der Waals surface area (Å²) in [6.07, 6.45) is 1.23. The van der Waals surface area contributed by atoms with Gasteiger partial charge in [0.15, 0.2) is 0 Å². The highest BCUT2D eigenvalue weighted by molar-refractivity contribution is 4.85. The van der Waals surface area contributed by atoms with Crippen molar-refractivity contribution in [2.75, 3.05) is 40.5 Å². The molecule has 1 atom stereocenters. The number of ether oxygens (including phenoxy) is 2. The molecule has 4 nitrogen and oxygen atoms in total. The lowest BCUT2D eigenvalue weighted by atomic mass is 9.96. The van der Waals surface area contributed by atoms with E-state index in [9.17, 15) is 0 Å². The second-order valence-electron chi connectivity index (χ2n) is 4.78. The average molecular weight is 232 g/mol. The van der Waals surface area contributed by atoms with Gasteiger partial charge in [-0.15, -0.1) is 0 Å². The summed E-state index contributed by atoms with van der Waals surface area (Å²) in [6.45, 7) is 9.28. The highest BCUT2D eigenvalue weighted by Crippen LogP contribution is 2.16. The molecular formula is C12H28N2O2. The average Bonchev–Trinajstić information content (AvgIpc) is 2.25. The predicted octanol–water partition coefficient (Wildman–Crippen LogP) is 1.10. The Labute approximate surface area is 100 Å². The molecule has 0 aliphatic rings. The molecule has 2 N–H and O–H groups in total. The normalized spacial score (nSPS) is 15.8. The van der Waals surface area contributed by atoms with Crippen LogP contribution in [0.4, 0.5) is 0 Å². The molecule has 0 aromatic carbocycles. The Morgan fingerprint density at radius 2 is 1.94 bits per heavy atom. The monoisotopic (exact) mass is 232 g/mol. The number of methoxy groups -OCH3 is 1. The number of nitrogens with zero attached hydrogens (tertiary/aromatic N) is 1. The van der Waals surface area contributed by atoms with E-state index in [1.165, 1.54) is 0 Å². The zero-order valence-electron chi connectivity index (χ0n) is 11.5. The third-order valence-corrected chi connectivity index (χ3v) is 3.08. The molecule has 16 heavy (non-hydrogen) atoms. The van der Waals surface area contributed by atoms with Crippen LogP contribution >= 0.6 is 0 Å². The molecule has 0 aliphatic heterocycles. The maximum Gasteiger partial charge on any atom is 0.0597 e. The van der Waals surface area contributed by atoms with Crippen LogP contribution in [0.2, 0.25) is 0 Å². The standard InChI is InChI=1S/C12H28N2O2/c1-11(2)16-9-7-14(4)12(3,10-13)6-8-15-5/h11H,6-10,13H2,1-5H3. The Kier molecular flexibility index (Phi) is 7.93. The van der Waals surface area contributed by atoms with Crippen molar-refractivity contribution < 1.29 is 9.47 Å². The van der Waals surface area contributed by atoms with Crippen LogP contribution in [0.3, 0.4) is 0 Å². The van der Waals surface area contributed by atoms with Crippen molar-refractivity contribution >= 4 is 0 Å². The van der Waals surface area contributed by atoms with Crippen molar-refractivity contribution in [3.8, 4) is 0 Å². The third-order valence-electron chi connectivity index (χ3n) is 3.08. The van der Waals surface area contributed by atoms with Gasteiger partial charge < -0.3 is 15.2 Å². The number of rotatable bonds is 9. The molecule has 0 amide bonds. The van der Waals surface area contributed by atoms with Gasteiger partial charge >= 0.3 is 0 Å². The van der Waals surface area contributed by atoms with Gasteiger partial charge in [0.2, 0.25) is 0 Å². The summed E-state index contributed by atoms with van der Waals surface area (Å²) in [5.41, 5.74) is 5.84. The van der Waals surface area contributed by atoms with Crippen molar-refractivity contribution in [2.24, 2.45) is 5.73 Å². The molecule has 0 heterocycles. The molecule has 0 bridgehead atoms. The summed E-state index contributed by atoms with van der Waals surface area (Å²) in [5, 5.41) is 0. The summed E-state index contributed by atoms with van der Waals surface area (Å²) >= 11 is 0. The first-order chi connectivity index (χ1) is 7.46. The van der Waals surface area contributed by atoms with E-state index < -0.39 is 0 Å². The van der Waals surface area contributed by atoms with Crippen molar-refractivity contribution in [3.05, 3.63) is 0 Å². The first kappa shape index (κ1) is 15.8. The Hall–Kier alpha value is -0.160. The smallest absolute Gasteiger partial charge is 0.0597 e. The lowest BCUT2D eigenvalue weighted by Crippen LogP contribution is -2.51. The second kappa shape index (κ2) is 8.01. The van der Waals surface area contributed by atoms with Gasteiger partial charge in [0, 0.05) is 32.3 Å². The van der Waals surface area contributed by atoms with E-state index >= 15 is 0 Å². The van der Waals surface area contributed by atoms with E-state index in [1.807, 2.05) is 13.8 Å². The Morgan fingerprint density at radius 1 is 1.31 bits per heavy atom. The van der Waals surface area contributed by atoms with E-state index in [0.29, 0.717) is 6.54 Å². The SMILES string of the molecule is COCCC(C)(CN)N(C)CCOC(C)C. The van der Waals surface area contributed by atoms with Gasteiger partial charge in [0.1, 0.15) is 0 Å². The van der Waals surface area contributed by atoms with E-state index in [-0.39, 0.29) is 11.6 Å². The molecule has 98 valence electrons. The summed E-state index contributed by atoms with van der Waals surface area (Å²) in [6, 6.07) is 0. The van der Waals surface area contributed by atoms with E-state index in [0.717, 1.165) is 26.2 Å². The molecule has 1 unspecified atom stereocenters. The second-order valence-corrected chi connectivity index (χ2v) is 4.78. The molecular weight excluding hydrogens is 204 g/mol. The minimum absolute atomic E-state index is 0.00362. The Bertz CT molecular complexity index is 176. The van der Waals surface area contributed by atoms with Crippen LogP contribution in [0, 0.1) is 0 Å². The highest BCUT2D eigenvalue weighted by atomic mass is 16.5. The first-order valence-corrected chi connectivity index (χ1v) is 5.98. The van der Waals surface area contributed by atoms with Gasteiger partial charge in [-0.05, 0) is 34.2 Å². The maximum atomic E-state index is 5.84. The van der Waals surface area contributed by atoms with Crippen molar-refractivity contribution in [3.63, 3.8) is 0 Å². The molecule has 0 aromatic heterocycles. The minimum Gasteiger partial charge on any atom is -0.385 e. The van der Waals surface area contributed by atoms with Gasteiger partial charge in [-0.25, -0.2) is 0 Å². The first-order valence-electron chi connectivity index (χ1n) is 5.98. The zero-order valence-corrected chi connectivity index (χ0v) is 11.5. The topological polar surface area (TPSA) is 47.7 Å². The Morgan fingerprint density at radius 3 is 2.38 bits per heavy atom. The Balaban J connectivity index is 4.02. The maximum absolute atomic E-state index is 5.84. The molecule has 0 fully saturated rings. The van der Waals surface area contributed by atoms with Crippen LogP contribution in [-0.2, 0) is 9.47 Å². The number of hydrogen-bond acceptors (Lipinski definition) is 4. The van der Waals surface area contributed by atoms with Crippen LogP contribution in [0.15, 0.2) is 0 Å². The molecule has 4 heteroatoms. The molecule has 0 rings (SSSR count). The third kappa shape index (κ3) is 5.80. The fraction of sp³-hybridized carbons (Fsp3) is 1.00. The fourth-order valence-electron chi connectivity index (χ4n) is 1.47. The quantitative estimate of drug-likeness (QED) is 0.646. The number of likely N-dealkylation sites (N-methyl/N-ethyl adjacent to an activating group) is 1. The fourth-order valence-corrected chi connectivity index (χ4v) is 1.47. The molecule has 0 radical (unpaired) electrons. The lowest BCUT2D eigenvalue weighted by molar-refractivity contribution is 0.0292. The molecule has 0 saturated heterocycles. The zero-order chi connectivity index (χ0) is 12.6. The number of nitrogens with two attached hydrogens (primary N) is 1. The molecule has 0 aliphatic carbocycles. The van der Waals surface area contributed by atoms with Crippen LogP contribution in [0.5, 0.6) is 0 Å². The van der Waals surface area contributed by atoms with Crippen LogP contribution in [-0.4, -0.2) is 57.0 Å². The van der Waals surface area contributed by atoms with Gasteiger partial charge in [0.25, 0.3) is 0 Å². The number of hydrogen-bond donors (Lipinski definition) is 1. The van der Waals surface area contributed by atoms with Crippen molar-refractivity contribution in [1.29, 1.82) is 0 Å². The van der Waals surface area contributed by atoms with Crippen LogP contribution in [0.1, 0.15) is 27.2 Å². The van der Waals surface area contributed by atoms with Gasteiger partial charge in [-0.2, -0.15) is 0 Å². The van der Waals surface area contributed by atoms with E-state index in [2.05, 4.69) is 18.9 Å². The molecule has 0 saturated carbocycles. The van der Waals surface area contributed by atoms with Gasteiger partial charge in [-0.3, -0.25) is 4.90 Å². The highest BCUT2D eigenvalue weighted by Gasteiger charge is 2.26. The largest absolute Gasteiger partial charge is 0.385 e. The van der Waals surface area contributed by atoms with Crippen molar-refractivity contribution in [1.82, 2.24) is 4.90 Å². The summed E-state index contributed by atoms with van der Waals surface area (Å²) in [5.74, 6) is 0. The van der Waals surface area contributed by atoms with Crippen LogP contribution in [0.25, 0.3) is 0 Å². The van der Waals surface area contributed by atoms with Crippen molar-refractivity contribution in [2.45, 2.75) is 38.8 Å². The summed E-state index contributed by atoms with van der Waals surface area (Å²) in [4.78, 5) is 2.26. The molecule has 0 aromatic rings. The minimum atomic E-state index is -0.00362. The lowest BCUT2D eigenvalue weighted by Gasteiger charge is -2.38. The molecule has 0 spiro atoms. The predicted molar refractivity (Wildman–Crippen MR) is 67.7 cm³/mol. The summed E-state index contributed by atoms with van der Waals surface area (Å²) < 4.78 is 10.7. The summed E-state index contributed by atoms with van der Waals surface area (Å²) in [7, 11) is 3.81.